The van der Waals surface area contributed by atoms with Crippen molar-refractivity contribution in [3.05, 3.63) is 71.0 Å². The van der Waals surface area contributed by atoms with E-state index < -0.39 is 0 Å². The highest BCUT2D eigenvalue weighted by Gasteiger charge is 2.14. The number of benzene rings is 2. The molecule has 2 amide bonds. The highest BCUT2D eigenvalue weighted by atomic mass is 16.2. The first-order chi connectivity index (χ1) is 19.7. The number of nitrogens with one attached hydrogen (secondary N) is 4. The van der Waals surface area contributed by atoms with Gasteiger partial charge in [-0.25, -0.2) is 0 Å². The van der Waals surface area contributed by atoms with Crippen molar-refractivity contribution in [3.63, 3.8) is 0 Å². The van der Waals surface area contributed by atoms with Crippen LogP contribution in [0, 0.1) is 0 Å². The smallest absolute Gasteiger partial charge is 0.220 e. The molecule has 0 saturated carbocycles. The maximum atomic E-state index is 12.4. The van der Waals surface area contributed by atoms with Crippen LogP contribution in [0.5, 0.6) is 0 Å². The summed E-state index contributed by atoms with van der Waals surface area (Å²) in [6.07, 6.45) is 13.3. The Balaban J connectivity index is 1.25. The summed E-state index contributed by atoms with van der Waals surface area (Å²) in [5.41, 5.74) is 7.73. The van der Waals surface area contributed by atoms with Crippen molar-refractivity contribution in [2.75, 3.05) is 13.1 Å². The van der Waals surface area contributed by atoms with Gasteiger partial charge in [0.05, 0.1) is 0 Å². The number of aromatic amines is 2. The summed E-state index contributed by atoms with van der Waals surface area (Å²) in [6.45, 7) is 1.33. The Morgan fingerprint density at radius 1 is 0.450 bits per heavy atom. The van der Waals surface area contributed by atoms with Gasteiger partial charge in [-0.05, 0) is 74.6 Å². The summed E-state index contributed by atoms with van der Waals surface area (Å²) in [6, 6.07) is 17.1. The Morgan fingerprint density at radius 2 is 0.850 bits per heavy atom. The van der Waals surface area contributed by atoms with Crippen LogP contribution in [-0.2, 0) is 35.3 Å². The van der Waals surface area contributed by atoms with Gasteiger partial charge in [-0.1, -0.05) is 62.1 Å². The first-order valence-corrected chi connectivity index (χ1v) is 15.4. The minimum atomic E-state index is 0.130. The van der Waals surface area contributed by atoms with E-state index in [2.05, 4.69) is 69.1 Å². The molecule has 1 aliphatic rings. The molecule has 0 bridgehead atoms. The molecule has 212 valence electrons. The molecule has 0 atom stereocenters. The second-order valence-electron chi connectivity index (χ2n) is 11.3. The normalized spacial score (nSPS) is 17.9. The molecule has 6 nitrogen and oxygen atoms in total. The summed E-state index contributed by atoms with van der Waals surface area (Å²) < 4.78 is 0. The average molecular weight is 541 g/mol. The number of fused-ring (bicyclic) bond motifs is 6. The molecule has 1 aliphatic heterocycles. The number of carbonyl (C=O) groups is 2. The molecule has 3 heterocycles. The van der Waals surface area contributed by atoms with Crippen molar-refractivity contribution in [1.29, 1.82) is 0 Å². The zero-order valence-corrected chi connectivity index (χ0v) is 23.7. The summed E-state index contributed by atoms with van der Waals surface area (Å²) in [5.74, 6) is 0.260. The lowest BCUT2D eigenvalue weighted by atomic mass is 10.0. The number of amides is 2. The van der Waals surface area contributed by atoms with Crippen molar-refractivity contribution in [1.82, 2.24) is 20.6 Å². The van der Waals surface area contributed by atoms with Gasteiger partial charge < -0.3 is 20.6 Å². The highest BCUT2D eigenvalue weighted by molar-refractivity contribution is 5.85. The molecule has 0 aliphatic carbocycles. The number of hydrogen-bond acceptors (Lipinski definition) is 2. The van der Waals surface area contributed by atoms with Crippen molar-refractivity contribution < 1.29 is 9.59 Å². The van der Waals surface area contributed by atoms with E-state index in [1.807, 2.05) is 0 Å². The molecular formula is C34H44N4O2. The van der Waals surface area contributed by atoms with Gasteiger partial charge in [-0.2, -0.15) is 0 Å². The van der Waals surface area contributed by atoms with Gasteiger partial charge in [0.15, 0.2) is 0 Å². The van der Waals surface area contributed by atoms with Gasteiger partial charge in [-0.15, -0.1) is 0 Å². The zero-order chi connectivity index (χ0) is 27.6. The number of carbonyl (C=O) groups excluding carboxylic acids is 2. The number of H-pyrrole nitrogens is 2. The fraction of sp³-hybridized carbons (Fsp3) is 0.471. The Morgan fingerprint density at radius 3 is 1.30 bits per heavy atom. The summed E-state index contributed by atoms with van der Waals surface area (Å²) in [5, 5.41) is 8.83. The lowest BCUT2D eigenvalue weighted by Gasteiger charge is -2.09. The van der Waals surface area contributed by atoms with Crippen molar-refractivity contribution in [3.8, 4) is 0 Å². The van der Waals surface area contributed by atoms with E-state index in [0.29, 0.717) is 25.9 Å². The van der Waals surface area contributed by atoms with Crippen molar-refractivity contribution in [2.24, 2.45) is 0 Å². The van der Waals surface area contributed by atoms with Gasteiger partial charge in [0.1, 0.15) is 0 Å². The lowest BCUT2D eigenvalue weighted by molar-refractivity contribution is -0.122. The van der Waals surface area contributed by atoms with E-state index in [-0.39, 0.29) is 11.8 Å². The van der Waals surface area contributed by atoms with Crippen LogP contribution in [-0.4, -0.2) is 34.9 Å². The zero-order valence-electron chi connectivity index (χ0n) is 23.7. The van der Waals surface area contributed by atoms with E-state index in [1.165, 1.54) is 57.2 Å². The topological polar surface area (TPSA) is 89.8 Å². The third-order valence-corrected chi connectivity index (χ3v) is 8.36. The monoisotopic (exact) mass is 540 g/mol. The summed E-state index contributed by atoms with van der Waals surface area (Å²) in [7, 11) is 0. The lowest BCUT2D eigenvalue weighted by Crippen LogP contribution is -2.25. The van der Waals surface area contributed by atoms with Crippen LogP contribution < -0.4 is 10.6 Å². The molecule has 40 heavy (non-hydrogen) atoms. The molecule has 6 heteroatoms. The van der Waals surface area contributed by atoms with E-state index in [9.17, 15) is 9.59 Å². The van der Waals surface area contributed by atoms with Crippen molar-refractivity contribution in [2.45, 2.75) is 89.9 Å². The standard InChI is InChI=1S/C34H44N4O2/c39-33-19-7-3-4-8-20-34(40)36-24-22-28-26-14-10-12-18-30(26)38-32(28)16-6-2-1-5-15-31-27(21-23-35-33)25-13-9-11-17-29(25)37-31/h9-14,17-18,37-38H,1-8,15-16,19-24H2,(H,35,39)(H,36,40). The molecular weight excluding hydrogens is 496 g/mol. The Kier molecular flexibility index (Phi) is 9.94. The summed E-state index contributed by atoms with van der Waals surface area (Å²) >= 11 is 0. The minimum Gasteiger partial charge on any atom is -0.358 e. The highest BCUT2D eigenvalue weighted by Crippen LogP contribution is 2.26. The predicted octanol–water partition coefficient (Wildman–Crippen LogP) is 6.67. The van der Waals surface area contributed by atoms with Gasteiger partial charge in [-0.3, -0.25) is 9.59 Å². The second-order valence-corrected chi connectivity index (χ2v) is 11.3. The fourth-order valence-electron chi connectivity index (χ4n) is 6.22. The quantitative estimate of drug-likeness (QED) is 0.201. The third kappa shape index (κ3) is 7.35. The number of para-hydroxylation sites is 2. The third-order valence-electron chi connectivity index (χ3n) is 8.36. The SMILES string of the molecule is O=C1CCCCCCC(=O)NCCc2c([nH]c3ccccc23)CCCCCCc2[nH]c3ccccc3c2CCN1. The van der Waals surface area contributed by atoms with E-state index in [0.717, 1.165) is 64.2 Å². The number of aryl methyl sites for hydroxylation is 2. The molecule has 0 fully saturated rings. The van der Waals surface area contributed by atoms with Crippen LogP contribution in [0.3, 0.4) is 0 Å². The molecule has 2 aromatic heterocycles. The number of hydrogen-bond donors (Lipinski definition) is 4. The minimum absolute atomic E-state index is 0.130. The van der Waals surface area contributed by atoms with E-state index >= 15 is 0 Å². The molecule has 0 saturated heterocycles. The first-order valence-electron chi connectivity index (χ1n) is 15.4. The van der Waals surface area contributed by atoms with Crippen LogP contribution in [0.1, 0.15) is 86.7 Å². The predicted molar refractivity (Wildman–Crippen MR) is 164 cm³/mol. The van der Waals surface area contributed by atoms with Gasteiger partial charge >= 0.3 is 0 Å². The van der Waals surface area contributed by atoms with Crippen LogP contribution in [0.25, 0.3) is 21.8 Å². The average Bonchev–Trinajstić information content (AvgIpc) is 3.49. The molecule has 4 aromatic rings. The molecule has 0 unspecified atom stereocenters. The number of aromatic nitrogens is 2. The maximum absolute atomic E-state index is 12.4. The molecule has 2 aromatic carbocycles. The Labute approximate surface area is 237 Å². The van der Waals surface area contributed by atoms with Crippen LogP contribution in [0.15, 0.2) is 48.5 Å². The van der Waals surface area contributed by atoms with Gasteiger partial charge in [0.25, 0.3) is 0 Å². The molecule has 0 radical (unpaired) electrons. The number of rotatable bonds is 0. The maximum Gasteiger partial charge on any atom is 0.220 e. The van der Waals surface area contributed by atoms with Crippen LogP contribution >= 0.6 is 0 Å². The van der Waals surface area contributed by atoms with Crippen LogP contribution in [0.4, 0.5) is 0 Å². The molecule has 5 rings (SSSR count). The van der Waals surface area contributed by atoms with E-state index in [4.69, 9.17) is 0 Å². The fourth-order valence-corrected chi connectivity index (χ4v) is 6.22. The van der Waals surface area contributed by atoms with Gasteiger partial charge in [0, 0.05) is 59.1 Å². The van der Waals surface area contributed by atoms with Crippen LogP contribution in [0.2, 0.25) is 0 Å². The largest absolute Gasteiger partial charge is 0.358 e. The first kappa shape index (κ1) is 28.0. The summed E-state index contributed by atoms with van der Waals surface area (Å²) in [4.78, 5) is 32.2. The molecule has 4 N–H and O–H groups in total. The van der Waals surface area contributed by atoms with Gasteiger partial charge in [0.2, 0.25) is 11.8 Å². The molecule has 0 spiro atoms. The Bertz CT molecular complexity index is 1310. The second kappa shape index (κ2) is 14.2. The van der Waals surface area contributed by atoms with E-state index in [1.54, 1.807) is 0 Å². The Hall–Kier alpha value is -3.54. The van der Waals surface area contributed by atoms with Crippen molar-refractivity contribution >= 4 is 33.6 Å².